The molecule has 0 spiro atoms. The second kappa shape index (κ2) is 7.46. The fraction of sp³-hybridized carbons (Fsp3) is 0.350. The van der Waals surface area contributed by atoms with Crippen LogP contribution in [-0.2, 0) is 0 Å². The molecule has 1 aliphatic rings. The molecule has 0 saturated carbocycles. The minimum absolute atomic E-state index is 0.110. The van der Waals surface area contributed by atoms with E-state index in [0.717, 1.165) is 43.1 Å². The van der Waals surface area contributed by atoms with E-state index in [0.29, 0.717) is 10.6 Å². The molecule has 4 nitrogen and oxygen atoms in total. The number of nitrogens with zero attached hydrogens (tertiary/aromatic N) is 2. The number of hydrogen-bond acceptors (Lipinski definition) is 3. The molecule has 0 unspecified atom stereocenters. The number of benzene rings is 2. The van der Waals surface area contributed by atoms with E-state index in [4.69, 9.17) is 11.6 Å². The highest BCUT2D eigenvalue weighted by molar-refractivity contribution is 6.31. The van der Waals surface area contributed by atoms with E-state index in [1.807, 2.05) is 50.2 Å². The zero-order valence-electron chi connectivity index (χ0n) is 15.0. The molecule has 1 aliphatic heterocycles. The van der Waals surface area contributed by atoms with Gasteiger partial charge in [0.15, 0.2) is 0 Å². The average molecular weight is 358 g/mol. The molecule has 0 radical (unpaired) electrons. The molecular weight excluding hydrogens is 334 g/mol. The fourth-order valence-corrected chi connectivity index (χ4v) is 3.18. The van der Waals surface area contributed by atoms with Crippen molar-refractivity contribution >= 4 is 28.9 Å². The van der Waals surface area contributed by atoms with E-state index in [1.165, 1.54) is 5.56 Å². The van der Waals surface area contributed by atoms with Gasteiger partial charge in [-0.1, -0.05) is 17.7 Å². The van der Waals surface area contributed by atoms with Crippen LogP contribution in [0.25, 0.3) is 0 Å². The van der Waals surface area contributed by atoms with Gasteiger partial charge in [-0.15, -0.1) is 0 Å². The number of hydrogen-bond donors (Lipinski definition) is 1. The number of likely N-dealkylation sites (N-methyl/N-ethyl adjacent to an activating group) is 1. The van der Waals surface area contributed by atoms with Gasteiger partial charge in [-0.2, -0.15) is 0 Å². The lowest BCUT2D eigenvalue weighted by atomic mass is 10.1. The Hall–Kier alpha value is -2.04. The Morgan fingerprint density at radius 1 is 1.00 bits per heavy atom. The molecule has 3 rings (SSSR count). The second-order valence-electron chi connectivity index (χ2n) is 6.70. The first-order valence-electron chi connectivity index (χ1n) is 8.55. The molecule has 2 aromatic rings. The Morgan fingerprint density at radius 2 is 1.72 bits per heavy atom. The summed E-state index contributed by atoms with van der Waals surface area (Å²) < 4.78 is 0. The standard InChI is InChI=1S/C20H24ClN3O/c1-14-4-5-16(12-15(14)2)20(25)22-18-13-17(21)6-7-19(18)24-10-8-23(3)9-11-24/h4-7,12-13H,8-11H2,1-3H3,(H,22,25). The van der Waals surface area contributed by atoms with Crippen molar-refractivity contribution in [2.75, 3.05) is 43.4 Å². The Morgan fingerprint density at radius 3 is 2.40 bits per heavy atom. The Bertz CT molecular complexity index is 783. The minimum atomic E-state index is -0.110. The van der Waals surface area contributed by atoms with Gasteiger partial charge in [-0.05, 0) is 62.4 Å². The highest BCUT2D eigenvalue weighted by Gasteiger charge is 2.19. The SMILES string of the molecule is Cc1ccc(C(=O)Nc2cc(Cl)ccc2N2CCN(C)CC2)cc1C. The first-order valence-corrected chi connectivity index (χ1v) is 8.93. The summed E-state index contributed by atoms with van der Waals surface area (Å²) in [6.45, 7) is 7.94. The summed E-state index contributed by atoms with van der Waals surface area (Å²) in [7, 11) is 2.13. The van der Waals surface area contributed by atoms with E-state index in [2.05, 4.69) is 22.2 Å². The van der Waals surface area contributed by atoms with Gasteiger partial charge in [-0.3, -0.25) is 4.79 Å². The molecule has 0 aliphatic carbocycles. The number of halogens is 1. The number of carbonyl (C=O) groups is 1. The highest BCUT2D eigenvalue weighted by Crippen LogP contribution is 2.30. The summed E-state index contributed by atoms with van der Waals surface area (Å²) in [6.07, 6.45) is 0. The predicted molar refractivity (Wildman–Crippen MR) is 105 cm³/mol. The van der Waals surface area contributed by atoms with E-state index < -0.39 is 0 Å². The fourth-order valence-electron chi connectivity index (χ4n) is 3.01. The van der Waals surface area contributed by atoms with Crippen LogP contribution >= 0.6 is 11.6 Å². The molecular formula is C20H24ClN3O. The smallest absolute Gasteiger partial charge is 0.255 e. The summed E-state index contributed by atoms with van der Waals surface area (Å²) >= 11 is 6.18. The molecule has 1 N–H and O–H groups in total. The van der Waals surface area contributed by atoms with Gasteiger partial charge in [0.2, 0.25) is 0 Å². The second-order valence-corrected chi connectivity index (χ2v) is 7.14. The molecule has 1 saturated heterocycles. The summed E-state index contributed by atoms with van der Waals surface area (Å²) in [5.74, 6) is -0.110. The van der Waals surface area contributed by atoms with Crippen molar-refractivity contribution in [2.45, 2.75) is 13.8 Å². The number of rotatable bonds is 3. The Balaban J connectivity index is 1.84. The lowest BCUT2D eigenvalue weighted by molar-refractivity contribution is 0.102. The largest absolute Gasteiger partial charge is 0.367 e. The number of piperazine rings is 1. The highest BCUT2D eigenvalue weighted by atomic mass is 35.5. The van der Waals surface area contributed by atoms with Crippen molar-refractivity contribution in [1.82, 2.24) is 4.90 Å². The van der Waals surface area contributed by atoms with Crippen LogP contribution < -0.4 is 10.2 Å². The molecule has 5 heteroatoms. The summed E-state index contributed by atoms with van der Waals surface area (Å²) in [5.41, 5.74) is 4.73. The number of nitrogens with one attached hydrogen (secondary N) is 1. The molecule has 1 heterocycles. The molecule has 132 valence electrons. The van der Waals surface area contributed by atoms with Crippen molar-refractivity contribution in [3.63, 3.8) is 0 Å². The van der Waals surface area contributed by atoms with Crippen molar-refractivity contribution in [3.05, 3.63) is 58.1 Å². The van der Waals surface area contributed by atoms with E-state index in [-0.39, 0.29) is 5.91 Å². The number of carbonyl (C=O) groups excluding carboxylic acids is 1. The lowest BCUT2D eigenvalue weighted by Crippen LogP contribution is -2.44. The maximum absolute atomic E-state index is 12.7. The van der Waals surface area contributed by atoms with Crippen LogP contribution in [0.3, 0.4) is 0 Å². The number of aryl methyl sites for hydroxylation is 2. The molecule has 1 fully saturated rings. The number of anilines is 2. The molecule has 0 atom stereocenters. The van der Waals surface area contributed by atoms with Crippen LogP contribution in [0.15, 0.2) is 36.4 Å². The molecule has 1 amide bonds. The van der Waals surface area contributed by atoms with Crippen molar-refractivity contribution in [1.29, 1.82) is 0 Å². The molecule has 2 aromatic carbocycles. The van der Waals surface area contributed by atoms with Crippen molar-refractivity contribution in [3.8, 4) is 0 Å². The molecule has 25 heavy (non-hydrogen) atoms. The van der Waals surface area contributed by atoms with E-state index in [1.54, 1.807) is 0 Å². The third-order valence-electron chi connectivity index (χ3n) is 4.82. The van der Waals surface area contributed by atoms with E-state index in [9.17, 15) is 4.79 Å². The third-order valence-corrected chi connectivity index (χ3v) is 5.05. The van der Waals surface area contributed by atoms with Crippen LogP contribution in [0, 0.1) is 13.8 Å². The predicted octanol–water partition coefficient (Wildman–Crippen LogP) is 3.96. The maximum Gasteiger partial charge on any atom is 0.255 e. The average Bonchev–Trinajstić information content (AvgIpc) is 2.58. The summed E-state index contributed by atoms with van der Waals surface area (Å²) in [5, 5.41) is 3.66. The van der Waals surface area contributed by atoms with Gasteiger partial charge in [0.25, 0.3) is 5.91 Å². The quantitative estimate of drug-likeness (QED) is 0.903. The normalized spacial score (nSPS) is 15.3. The van der Waals surface area contributed by atoms with Crippen molar-refractivity contribution in [2.24, 2.45) is 0 Å². The van der Waals surface area contributed by atoms with Gasteiger partial charge in [0, 0.05) is 36.8 Å². The zero-order chi connectivity index (χ0) is 18.0. The first-order chi connectivity index (χ1) is 11.9. The molecule has 0 bridgehead atoms. The van der Waals surface area contributed by atoms with E-state index >= 15 is 0 Å². The van der Waals surface area contributed by atoms with Gasteiger partial charge >= 0.3 is 0 Å². The zero-order valence-corrected chi connectivity index (χ0v) is 15.7. The monoisotopic (exact) mass is 357 g/mol. The first kappa shape index (κ1) is 17.8. The van der Waals surface area contributed by atoms with Crippen LogP contribution in [0.4, 0.5) is 11.4 Å². The third kappa shape index (κ3) is 4.14. The van der Waals surface area contributed by atoms with Gasteiger partial charge < -0.3 is 15.1 Å². The van der Waals surface area contributed by atoms with Gasteiger partial charge in [0.05, 0.1) is 11.4 Å². The number of amides is 1. The topological polar surface area (TPSA) is 35.6 Å². The maximum atomic E-state index is 12.7. The van der Waals surface area contributed by atoms with Gasteiger partial charge in [-0.25, -0.2) is 0 Å². The van der Waals surface area contributed by atoms with Crippen molar-refractivity contribution < 1.29 is 4.79 Å². The van der Waals surface area contributed by atoms with Crippen LogP contribution in [0.5, 0.6) is 0 Å². The summed E-state index contributed by atoms with van der Waals surface area (Å²) in [4.78, 5) is 17.3. The molecule has 0 aromatic heterocycles. The lowest BCUT2D eigenvalue weighted by Gasteiger charge is -2.35. The van der Waals surface area contributed by atoms with Crippen LogP contribution in [-0.4, -0.2) is 44.0 Å². The minimum Gasteiger partial charge on any atom is -0.367 e. The summed E-state index contributed by atoms with van der Waals surface area (Å²) in [6, 6.07) is 11.4. The Labute approximate surface area is 154 Å². The van der Waals surface area contributed by atoms with Crippen LogP contribution in [0.1, 0.15) is 21.5 Å². The Kier molecular flexibility index (Phi) is 5.30. The van der Waals surface area contributed by atoms with Gasteiger partial charge in [0.1, 0.15) is 0 Å². The van der Waals surface area contributed by atoms with Crippen LogP contribution in [0.2, 0.25) is 5.02 Å².